The predicted octanol–water partition coefficient (Wildman–Crippen LogP) is 3.97. The Morgan fingerprint density at radius 3 is 2.15 bits per heavy atom. The van der Waals surface area contributed by atoms with Crippen LogP contribution in [0.3, 0.4) is 0 Å². The lowest BCUT2D eigenvalue weighted by molar-refractivity contribution is 0.349. The van der Waals surface area contributed by atoms with E-state index in [-0.39, 0.29) is 17.4 Å². The van der Waals surface area contributed by atoms with Gasteiger partial charge in [0.1, 0.15) is 5.69 Å². The summed E-state index contributed by atoms with van der Waals surface area (Å²) in [6, 6.07) is 9.13. The smallest absolute Gasteiger partial charge is 0.206 e. The van der Waals surface area contributed by atoms with Crippen LogP contribution in [0.1, 0.15) is 29.4 Å². The first-order chi connectivity index (χ1) is 12.7. The second kappa shape index (κ2) is 6.71. The Morgan fingerprint density at radius 1 is 0.923 bits per heavy atom. The van der Waals surface area contributed by atoms with E-state index < -0.39 is 5.82 Å². The maximum Gasteiger partial charge on any atom is 0.206 e. The predicted molar refractivity (Wildman–Crippen MR) is 94.9 cm³/mol. The fourth-order valence-electron chi connectivity index (χ4n) is 3.19. The van der Waals surface area contributed by atoms with E-state index in [2.05, 4.69) is 15.0 Å². The number of pyridine rings is 1. The minimum Gasteiger partial charge on any atom is -0.494 e. The molecule has 0 amide bonds. The van der Waals surface area contributed by atoms with Crippen LogP contribution in [0, 0.1) is 5.82 Å². The molecule has 1 saturated carbocycles. The van der Waals surface area contributed by atoms with Gasteiger partial charge in [0, 0.05) is 18.6 Å². The van der Waals surface area contributed by atoms with Crippen LogP contribution in [-0.2, 0) is 0 Å². The van der Waals surface area contributed by atoms with Crippen LogP contribution in [0.4, 0.5) is 4.39 Å². The zero-order valence-electron chi connectivity index (χ0n) is 14.5. The third-order valence-corrected chi connectivity index (χ3v) is 4.68. The molecule has 0 N–H and O–H groups in total. The summed E-state index contributed by atoms with van der Waals surface area (Å²) in [6.07, 6.45) is 6.38. The molecule has 0 unspecified atom stereocenters. The van der Waals surface area contributed by atoms with Crippen LogP contribution in [-0.4, -0.2) is 29.2 Å². The molecule has 26 heavy (non-hydrogen) atoms. The highest BCUT2D eigenvalue weighted by Gasteiger charge is 2.40. The van der Waals surface area contributed by atoms with E-state index in [0.29, 0.717) is 11.7 Å². The quantitative estimate of drug-likeness (QED) is 0.696. The van der Waals surface area contributed by atoms with Crippen molar-refractivity contribution >= 4 is 0 Å². The second-order valence-corrected chi connectivity index (χ2v) is 6.24. The molecule has 0 saturated heterocycles. The van der Waals surface area contributed by atoms with Gasteiger partial charge in [0.25, 0.3) is 0 Å². The van der Waals surface area contributed by atoms with Gasteiger partial charge in [-0.05, 0) is 53.6 Å². The Bertz CT molecular complexity index is 891. The van der Waals surface area contributed by atoms with Crippen LogP contribution in [0.15, 0.2) is 48.9 Å². The standard InChI is InChI=1S/C20H18FN3O2/c1-25-17-7-12(8-18(26-2)19(17)21)14-9-15(14)13-10-23-20(24-11-13)16-5-3-4-6-22-16/h3-8,10-11,14-15H,9H2,1-2H3/t14-,15-/m0/s1. The first-order valence-corrected chi connectivity index (χ1v) is 8.36. The lowest BCUT2D eigenvalue weighted by atomic mass is 10.1. The Hall–Kier alpha value is -3.02. The lowest BCUT2D eigenvalue weighted by Crippen LogP contribution is -1.97. The molecule has 3 aromatic rings. The number of nitrogens with zero attached hydrogens (tertiary/aromatic N) is 3. The molecule has 2 atom stereocenters. The summed E-state index contributed by atoms with van der Waals surface area (Å²) in [5, 5.41) is 0. The van der Waals surface area contributed by atoms with Crippen molar-refractivity contribution in [1.82, 2.24) is 15.0 Å². The van der Waals surface area contributed by atoms with Gasteiger partial charge in [0.05, 0.1) is 14.2 Å². The minimum absolute atomic E-state index is 0.201. The molecular formula is C20H18FN3O2. The molecule has 5 nitrogen and oxygen atoms in total. The fraction of sp³-hybridized carbons (Fsp3) is 0.250. The maximum atomic E-state index is 14.1. The largest absolute Gasteiger partial charge is 0.494 e. The van der Waals surface area contributed by atoms with E-state index in [1.54, 1.807) is 18.3 Å². The Kier molecular flexibility index (Phi) is 4.24. The van der Waals surface area contributed by atoms with Crippen molar-refractivity contribution in [3.05, 3.63) is 65.9 Å². The van der Waals surface area contributed by atoms with Crippen LogP contribution in [0.2, 0.25) is 0 Å². The van der Waals surface area contributed by atoms with Crippen LogP contribution < -0.4 is 9.47 Å². The molecule has 1 aliphatic carbocycles. The summed E-state index contributed by atoms with van der Waals surface area (Å²) in [5.74, 6) is 1.13. The van der Waals surface area contributed by atoms with Crippen molar-refractivity contribution in [2.24, 2.45) is 0 Å². The zero-order valence-corrected chi connectivity index (χ0v) is 14.5. The molecule has 6 heteroatoms. The average Bonchev–Trinajstić information content (AvgIpc) is 3.50. The molecule has 132 valence electrons. The highest BCUT2D eigenvalue weighted by molar-refractivity contribution is 5.49. The molecule has 0 aliphatic heterocycles. The highest BCUT2D eigenvalue weighted by Crippen LogP contribution is 2.55. The molecule has 0 radical (unpaired) electrons. The van der Waals surface area contributed by atoms with Crippen molar-refractivity contribution in [1.29, 1.82) is 0 Å². The maximum absolute atomic E-state index is 14.1. The van der Waals surface area contributed by atoms with Crippen molar-refractivity contribution in [2.75, 3.05) is 14.2 Å². The lowest BCUT2D eigenvalue weighted by Gasteiger charge is -2.10. The number of hydrogen-bond donors (Lipinski definition) is 0. The SMILES string of the molecule is COc1cc([C@@H]2C[C@H]2c2cnc(-c3ccccn3)nc2)cc(OC)c1F. The summed E-state index contributed by atoms with van der Waals surface area (Å²) in [6.45, 7) is 0. The normalized spacial score (nSPS) is 18.4. The van der Waals surface area contributed by atoms with Crippen molar-refractivity contribution in [3.63, 3.8) is 0 Å². The van der Waals surface area contributed by atoms with Gasteiger partial charge >= 0.3 is 0 Å². The van der Waals surface area contributed by atoms with Gasteiger partial charge in [0.2, 0.25) is 5.82 Å². The van der Waals surface area contributed by atoms with Crippen molar-refractivity contribution < 1.29 is 13.9 Å². The summed E-state index contributed by atoms with van der Waals surface area (Å²) < 4.78 is 24.3. The average molecular weight is 351 g/mol. The number of hydrogen-bond acceptors (Lipinski definition) is 5. The van der Waals surface area contributed by atoms with E-state index >= 15 is 0 Å². The fourth-order valence-corrected chi connectivity index (χ4v) is 3.19. The van der Waals surface area contributed by atoms with E-state index in [1.165, 1.54) is 14.2 Å². The second-order valence-electron chi connectivity index (χ2n) is 6.24. The molecule has 1 aliphatic rings. The number of methoxy groups -OCH3 is 2. The van der Waals surface area contributed by atoms with Gasteiger partial charge in [0.15, 0.2) is 17.3 Å². The van der Waals surface area contributed by atoms with Gasteiger partial charge in [-0.25, -0.2) is 9.97 Å². The van der Waals surface area contributed by atoms with E-state index in [4.69, 9.17) is 9.47 Å². The van der Waals surface area contributed by atoms with Crippen LogP contribution >= 0.6 is 0 Å². The molecule has 1 aromatic carbocycles. The van der Waals surface area contributed by atoms with Gasteiger partial charge in [-0.15, -0.1) is 0 Å². The van der Waals surface area contributed by atoms with Crippen LogP contribution in [0.25, 0.3) is 11.5 Å². The number of ether oxygens (including phenoxy) is 2. The van der Waals surface area contributed by atoms with Crippen molar-refractivity contribution in [3.8, 4) is 23.0 Å². The van der Waals surface area contributed by atoms with Gasteiger partial charge in [-0.2, -0.15) is 4.39 Å². The summed E-state index contributed by atoms with van der Waals surface area (Å²) >= 11 is 0. The first-order valence-electron chi connectivity index (χ1n) is 8.36. The Balaban J connectivity index is 1.55. The number of benzene rings is 1. The van der Waals surface area contributed by atoms with Crippen LogP contribution in [0.5, 0.6) is 11.5 Å². The van der Waals surface area contributed by atoms with E-state index in [0.717, 1.165) is 23.2 Å². The zero-order chi connectivity index (χ0) is 18.1. The molecule has 0 bridgehead atoms. The van der Waals surface area contributed by atoms with Gasteiger partial charge in [-0.3, -0.25) is 4.98 Å². The molecule has 0 spiro atoms. The first kappa shape index (κ1) is 16.4. The third kappa shape index (κ3) is 2.98. The Morgan fingerprint density at radius 2 is 1.58 bits per heavy atom. The third-order valence-electron chi connectivity index (χ3n) is 4.68. The highest BCUT2D eigenvalue weighted by atomic mass is 19.1. The van der Waals surface area contributed by atoms with E-state index in [1.807, 2.05) is 30.6 Å². The minimum atomic E-state index is -0.473. The Labute approximate surface area is 150 Å². The number of rotatable bonds is 5. The monoisotopic (exact) mass is 351 g/mol. The van der Waals surface area contributed by atoms with E-state index in [9.17, 15) is 4.39 Å². The topological polar surface area (TPSA) is 57.1 Å². The summed E-state index contributed by atoms with van der Waals surface area (Å²) in [7, 11) is 2.91. The molecule has 2 aromatic heterocycles. The molecule has 1 fully saturated rings. The summed E-state index contributed by atoms with van der Waals surface area (Å²) in [4.78, 5) is 13.1. The molecule has 4 rings (SSSR count). The number of halogens is 1. The molecule has 2 heterocycles. The molecular weight excluding hydrogens is 333 g/mol. The van der Waals surface area contributed by atoms with Gasteiger partial charge < -0.3 is 9.47 Å². The summed E-state index contributed by atoms with van der Waals surface area (Å²) in [5.41, 5.74) is 2.82. The number of aromatic nitrogens is 3. The van der Waals surface area contributed by atoms with Crippen molar-refractivity contribution in [2.45, 2.75) is 18.3 Å². The van der Waals surface area contributed by atoms with Gasteiger partial charge in [-0.1, -0.05) is 6.07 Å².